The van der Waals surface area contributed by atoms with Crippen LogP contribution in [-0.2, 0) is 15.6 Å². The molecular weight excluding hydrogens is 388 g/mol. The maximum absolute atomic E-state index is 12.6. The summed E-state index contributed by atoms with van der Waals surface area (Å²) in [4.78, 5) is 19.2. The van der Waals surface area contributed by atoms with E-state index in [1.807, 2.05) is 36.7 Å². The van der Waals surface area contributed by atoms with E-state index < -0.39 is 0 Å². The number of aromatic nitrogens is 2. The van der Waals surface area contributed by atoms with Crippen LogP contribution in [-0.4, -0.2) is 21.0 Å². The van der Waals surface area contributed by atoms with Gasteiger partial charge in [0.05, 0.1) is 0 Å². The molecule has 0 bridgehead atoms. The van der Waals surface area contributed by atoms with E-state index in [4.69, 9.17) is 4.74 Å². The Morgan fingerprint density at radius 2 is 1.52 bits per heavy atom. The van der Waals surface area contributed by atoms with E-state index in [1.54, 1.807) is 12.1 Å². The number of phenolic OH excluding ortho intramolecular Hbond substituents is 1. The number of esters is 1. The highest BCUT2D eigenvalue weighted by molar-refractivity contribution is 5.87. The van der Waals surface area contributed by atoms with Crippen molar-refractivity contribution in [1.29, 1.82) is 0 Å². The molecule has 0 spiro atoms. The third kappa shape index (κ3) is 4.18. The van der Waals surface area contributed by atoms with Gasteiger partial charge in [-0.05, 0) is 64.8 Å². The summed E-state index contributed by atoms with van der Waals surface area (Å²) < 4.78 is 5.68. The van der Waals surface area contributed by atoms with E-state index in [-0.39, 0.29) is 22.5 Å². The molecule has 0 saturated heterocycles. The fraction of sp³-hybridized carbons (Fsp3) is 0.346. The predicted molar refractivity (Wildman–Crippen MR) is 125 cm³/mol. The maximum Gasteiger partial charge on any atom is 0.311 e. The smallest absolute Gasteiger partial charge is 0.311 e. The molecule has 0 amide bonds. The SMILES string of the molecule is CC(C)(C)c1c[nH]c2ccc(OC(=O)CCC(C)(C)c3c[nH]c4ccc(O)cc34)cc12. The van der Waals surface area contributed by atoms with Crippen molar-refractivity contribution in [3.63, 3.8) is 0 Å². The number of aromatic amines is 2. The summed E-state index contributed by atoms with van der Waals surface area (Å²) in [5, 5.41) is 11.9. The summed E-state index contributed by atoms with van der Waals surface area (Å²) in [6.07, 6.45) is 4.92. The van der Waals surface area contributed by atoms with Gasteiger partial charge in [0.2, 0.25) is 0 Å². The molecule has 0 aliphatic rings. The normalized spacial score (nSPS) is 12.5. The van der Waals surface area contributed by atoms with Crippen molar-refractivity contribution in [3.05, 3.63) is 59.9 Å². The van der Waals surface area contributed by atoms with Crippen LogP contribution in [0.5, 0.6) is 11.5 Å². The summed E-state index contributed by atoms with van der Waals surface area (Å²) in [6.45, 7) is 10.7. The second-order valence-electron chi connectivity index (χ2n) is 9.95. The molecule has 0 aliphatic heterocycles. The fourth-order valence-electron chi connectivity index (χ4n) is 4.18. The molecule has 0 saturated carbocycles. The first-order chi connectivity index (χ1) is 14.5. The molecule has 0 aliphatic carbocycles. The van der Waals surface area contributed by atoms with Gasteiger partial charge in [-0.25, -0.2) is 0 Å². The minimum absolute atomic E-state index is 0.00132. The van der Waals surface area contributed by atoms with Gasteiger partial charge in [0.1, 0.15) is 11.5 Å². The number of aromatic hydroxyl groups is 1. The zero-order chi connectivity index (χ0) is 22.4. The van der Waals surface area contributed by atoms with E-state index in [9.17, 15) is 9.90 Å². The largest absolute Gasteiger partial charge is 0.508 e. The number of nitrogens with one attached hydrogen (secondary N) is 2. The van der Waals surface area contributed by atoms with Gasteiger partial charge in [-0.15, -0.1) is 0 Å². The zero-order valence-electron chi connectivity index (χ0n) is 18.8. The summed E-state index contributed by atoms with van der Waals surface area (Å²) in [7, 11) is 0. The number of hydrogen-bond acceptors (Lipinski definition) is 3. The van der Waals surface area contributed by atoms with Crippen molar-refractivity contribution >= 4 is 27.8 Å². The van der Waals surface area contributed by atoms with Crippen LogP contribution in [0, 0.1) is 0 Å². The number of fused-ring (bicyclic) bond motifs is 2. The Morgan fingerprint density at radius 3 is 2.19 bits per heavy atom. The lowest BCUT2D eigenvalue weighted by atomic mass is 9.80. The molecule has 0 radical (unpaired) electrons. The standard InChI is InChI=1S/C26H30N2O3/c1-25(2,3)20-14-27-23-9-7-17(13-19(20)23)31-24(30)10-11-26(4,5)21-15-28-22-8-6-16(29)12-18(21)22/h6-9,12-15,27-29H,10-11H2,1-5H3. The summed E-state index contributed by atoms with van der Waals surface area (Å²) in [6, 6.07) is 11.0. The number of rotatable bonds is 5. The van der Waals surface area contributed by atoms with Crippen molar-refractivity contribution in [2.45, 2.75) is 58.3 Å². The molecule has 0 unspecified atom stereocenters. The quantitative estimate of drug-likeness (QED) is 0.262. The lowest BCUT2D eigenvalue weighted by Crippen LogP contribution is -2.20. The van der Waals surface area contributed by atoms with E-state index in [1.165, 1.54) is 5.56 Å². The van der Waals surface area contributed by atoms with Crippen LogP contribution in [0.2, 0.25) is 0 Å². The van der Waals surface area contributed by atoms with E-state index in [2.05, 4.69) is 44.6 Å². The summed E-state index contributed by atoms with van der Waals surface area (Å²) in [5.41, 5.74) is 4.03. The van der Waals surface area contributed by atoms with Crippen LogP contribution < -0.4 is 4.74 Å². The first-order valence-corrected chi connectivity index (χ1v) is 10.7. The molecule has 5 heteroatoms. The number of hydrogen-bond donors (Lipinski definition) is 3. The summed E-state index contributed by atoms with van der Waals surface area (Å²) >= 11 is 0. The summed E-state index contributed by atoms with van der Waals surface area (Å²) in [5.74, 6) is 0.554. The molecule has 2 aromatic carbocycles. The van der Waals surface area contributed by atoms with Crippen LogP contribution in [0.1, 0.15) is 58.6 Å². The van der Waals surface area contributed by atoms with Gasteiger partial charge >= 0.3 is 5.97 Å². The molecular formula is C26H30N2O3. The van der Waals surface area contributed by atoms with Crippen LogP contribution >= 0.6 is 0 Å². The molecule has 4 rings (SSSR count). The molecule has 162 valence electrons. The average Bonchev–Trinajstić information content (AvgIpc) is 3.30. The topological polar surface area (TPSA) is 78.1 Å². The minimum atomic E-state index is -0.255. The number of benzene rings is 2. The number of carbonyl (C=O) groups is 1. The van der Waals surface area contributed by atoms with Gasteiger partial charge in [-0.2, -0.15) is 0 Å². The molecule has 2 aromatic heterocycles. The molecule has 5 nitrogen and oxygen atoms in total. The molecule has 31 heavy (non-hydrogen) atoms. The van der Waals surface area contributed by atoms with E-state index >= 15 is 0 Å². The third-order valence-corrected chi connectivity index (χ3v) is 6.04. The van der Waals surface area contributed by atoms with E-state index in [0.29, 0.717) is 18.6 Å². The van der Waals surface area contributed by atoms with Gasteiger partial charge in [-0.1, -0.05) is 34.6 Å². The first-order valence-electron chi connectivity index (χ1n) is 10.7. The van der Waals surface area contributed by atoms with Crippen LogP contribution in [0.3, 0.4) is 0 Å². The van der Waals surface area contributed by atoms with Crippen molar-refractivity contribution in [1.82, 2.24) is 9.97 Å². The molecule has 2 heterocycles. The monoisotopic (exact) mass is 418 g/mol. The lowest BCUT2D eigenvalue weighted by Gasteiger charge is -2.24. The minimum Gasteiger partial charge on any atom is -0.508 e. The van der Waals surface area contributed by atoms with Crippen LogP contribution in [0.4, 0.5) is 0 Å². The van der Waals surface area contributed by atoms with Gasteiger partial charge in [-0.3, -0.25) is 4.79 Å². The number of carbonyl (C=O) groups excluding carboxylic acids is 1. The predicted octanol–water partition coefficient (Wildman–Crippen LogP) is 6.32. The first kappa shape index (κ1) is 21.0. The Kier molecular flexibility index (Phi) is 5.08. The highest BCUT2D eigenvalue weighted by Gasteiger charge is 2.26. The Hall–Kier alpha value is -3.21. The second-order valence-corrected chi connectivity index (χ2v) is 9.95. The van der Waals surface area contributed by atoms with Gasteiger partial charge in [0.25, 0.3) is 0 Å². The Morgan fingerprint density at radius 1 is 0.903 bits per heavy atom. The highest BCUT2D eigenvalue weighted by Crippen LogP contribution is 2.36. The Bertz CT molecular complexity index is 1250. The molecule has 0 atom stereocenters. The average molecular weight is 419 g/mol. The molecule has 3 N–H and O–H groups in total. The number of phenols is 1. The zero-order valence-corrected chi connectivity index (χ0v) is 18.8. The number of H-pyrrole nitrogens is 2. The Labute approximate surface area is 182 Å². The molecule has 4 aromatic rings. The second kappa shape index (κ2) is 7.49. The third-order valence-electron chi connectivity index (χ3n) is 6.04. The fourth-order valence-corrected chi connectivity index (χ4v) is 4.18. The van der Waals surface area contributed by atoms with Gasteiger partial charge < -0.3 is 19.8 Å². The van der Waals surface area contributed by atoms with Crippen molar-refractivity contribution in [2.75, 3.05) is 0 Å². The van der Waals surface area contributed by atoms with E-state index in [0.717, 1.165) is 27.4 Å². The lowest BCUT2D eigenvalue weighted by molar-refractivity contribution is -0.134. The maximum atomic E-state index is 12.6. The van der Waals surface area contributed by atoms with Gasteiger partial charge in [0, 0.05) is 40.6 Å². The van der Waals surface area contributed by atoms with Crippen LogP contribution in [0.25, 0.3) is 21.8 Å². The number of ether oxygens (including phenoxy) is 1. The van der Waals surface area contributed by atoms with Crippen molar-refractivity contribution < 1.29 is 14.6 Å². The van der Waals surface area contributed by atoms with Crippen molar-refractivity contribution in [2.24, 2.45) is 0 Å². The Balaban J connectivity index is 1.48. The highest BCUT2D eigenvalue weighted by atomic mass is 16.5. The molecule has 0 fully saturated rings. The van der Waals surface area contributed by atoms with Crippen LogP contribution in [0.15, 0.2) is 48.8 Å². The van der Waals surface area contributed by atoms with Gasteiger partial charge in [0.15, 0.2) is 0 Å². The van der Waals surface area contributed by atoms with Crippen molar-refractivity contribution in [3.8, 4) is 11.5 Å².